The van der Waals surface area contributed by atoms with E-state index in [0.717, 1.165) is 0 Å². The van der Waals surface area contributed by atoms with Crippen LogP contribution in [0, 0.1) is 0 Å². The first kappa shape index (κ1) is 32.1. The Labute approximate surface area is 315 Å². The standard InChI is InChI=1S/C49H43BN2Si/c1-33(2)34-28-29-39-42(30-34)51(36-18-9-6-10-19-36)43-31-35(49(3,4)5)32-44-47(43)50(39)40-24-17-27-46-48(40)52(44)41-25-15-16-26-45(41)53(46,37-20-11-7-12-21-37)38-22-13-8-14-23-38/h6-33H,1-5H3. The quantitative estimate of drug-likeness (QED) is 0.173. The second kappa shape index (κ2) is 11.7. The van der Waals surface area contributed by atoms with Crippen molar-refractivity contribution in [3.8, 4) is 0 Å². The Kier molecular flexibility index (Phi) is 7.10. The van der Waals surface area contributed by atoms with Gasteiger partial charge in [0, 0.05) is 34.1 Å². The van der Waals surface area contributed by atoms with Crippen LogP contribution in [0.25, 0.3) is 0 Å². The average Bonchev–Trinajstić information content (AvgIpc) is 3.19. The van der Waals surface area contributed by atoms with Gasteiger partial charge in [0.25, 0.3) is 6.71 Å². The molecule has 0 radical (unpaired) electrons. The third kappa shape index (κ3) is 4.52. The molecule has 3 heterocycles. The molecule has 0 N–H and O–H groups in total. The molecular formula is C49H43BN2Si. The molecule has 10 rings (SSSR count). The van der Waals surface area contributed by atoms with Crippen LogP contribution in [0.1, 0.15) is 51.7 Å². The van der Waals surface area contributed by atoms with E-state index in [4.69, 9.17) is 0 Å². The number of fused-ring (bicyclic) bond motifs is 6. The number of para-hydroxylation sites is 3. The molecule has 0 saturated carbocycles. The van der Waals surface area contributed by atoms with Crippen molar-refractivity contribution in [1.82, 2.24) is 0 Å². The maximum Gasteiger partial charge on any atom is 0.252 e. The van der Waals surface area contributed by atoms with Crippen LogP contribution in [0.5, 0.6) is 0 Å². The lowest BCUT2D eigenvalue weighted by atomic mass is 9.33. The van der Waals surface area contributed by atoms with Crippen molar-refractivity contribution in [3.63, 3.8) is 0 Å². The molecule has 3 aliphatic heterocycles. The van der Waals surface area contributed by atoms with E-state index in [1.807, 2.05) is 0 Å². The van der Waals surface area contributed by atoms with E-state index in [1.54, 1.807) is 0 Å². The molecule has 0 unspecified atom stereocenters. The molecule has 0 bridgehead atoms. The summed E-state index contributed by atoms with van der Waals surface area (Å²) in [5, 5.41) is 5.74. The molecule has 2 nitrogen and oxygen atoms in total. The fraction of sp³-hybridized carbons (Fsp3) is 0.143. The van der Waals surface area contributed by atoms with Crippen molar-refractivity contribution in [1.29, 1.82) is 0 Å². The third-order valence-electron chi connectivity index (χ3n) is 12.0. The molecule has 0 fully saturated rings. The van der Waals surface area contributed by atoms with Crippen LogP contribution in [-0.4, -0.2) is 14.8 Å². The van der Waals surface area contributed by atoms with E-state index in [1.165, 1.54) is 82.4 Å². The van der Waals surface area contributed by atoms with Gasteiger partial charge in [-0.15, -0.1) is 0 Å². The molecule has 0 atom stereocenters. The summed E-state index contributed by atoms with van der Waals surface area (Å²) in [6.07, 6.45) is 0. The van der Waals surface area contributed by atoms with Crippen LogP contribution >= 0.6 is 0 Å². The minimum atomic E-state index is -2.77. The topological polar surface area (TPSA) is 6.48 Å². The summed E-state index contributed by atoms with van der Waals surface area (Å²) in [6, 6.07) is 62.7. The summed E-state index contributed by atoms with van der Waals surface area (Å²) in [7, 11) is -2.77. The predicted molar refractivity (Wildman–Crippen MR) is 230 cm³/mol. The van der Waals surface area contributed by atoms with Gasteiger partial charge >= 0.3 is 0 Å². The first-order chi connectivity index (χ1) is 25.8. The van der Waals surface area contributed by atoms with Gasteiger partial charge in [-0.3, -0.25) is 0 Å². The van der Waals surface area contributed by atoms with E-state index >= 15 is 0 Å². The first-order valence-electron chi connectivity index (χ1n) is 19.1. The smallest absolute Gasteiger partial charge is 0.252 e. The molecule has 7 aromatic carbocycles. The number of anilines is 6. The lowest BCUT2D eigenvalue weighted by molar-refractivity contribution is 0.590. The monoisotopic (exact) mass is 698 g/mol. The molecular weight excluding hydrogens is 655 g/mol. The van der Waals surface area contributed by atoms with Gasteiger partial charge in [0.2, 0.25) is 0 Å². The average molecular weight is 699 g/mol. The van der Waals surface area contributed by atoms with Crippen molar-refractivity contribution < 1.29 is 0 Å². The number of nitrogens with zero attached hydrogens (tertiary/aromatic N) is 2. The van der Waals surface area contributed by atoms with Gasteiger partial charge in [0.15, 0.2) is 8.07 Å². The van der Waals surface area contributed by atoms with E-state index in [2.05, 4.69) is 208 Å². The number of hydrogen-bond donors (Lipinski definition) is 0. The van der Waals surface area contributed by atoms with Crippen LogP contribution in [0.3, 0.4) is 0 Å². The first-order valence-corrected chi connectivity index (χ1v) is 21.1. The minimum Gasteiger partial charge on any atom is -0.312 e. The van der Waals surface area contributed by atoms with Crippen LogP contribution in [0.2, 0.25) is 0 Å². The van der Waals surface area contributed by atoms with Crippen LogP contribution in [-0.2, 0) is 5.41 Å². The molecule has 53 heavy (non-hydrogen) atoms. The number of hydrogen-bond acceptors (Lipinski definition) is 2. The highest BCUT2D eigenvalue weighted by molar-refractivity contribution is 7.22. The molecule has 3 aliphatic rings. The zero-order chi connectivity index (χ0) is 36.1. The van der Waals surface area contributed by atoms with Crippen molar-refractivity contribution in [2.45, 2.75) is 46.0 Å². The molecule has 0 saturated heterocycles. The van der Waals surface area contributed by atoms with E-state index in [0.29, 0.717) is 5.92 Å². The molecule has 4 heteroatoms. The number of benzene rings is 7. The van der Waals surface area contributed by atoms with Gasteiger partial charge < -0.3 is 9.80 Å². The Morgan fingerprint density at radius 1 is 0.509 bits per heavy atom. The van der Waals surface area contributed by atoms with Gasteiger partial charge in [-0.05, 0) is 96.0 Å². The van der Waals surface area contributed by atoms with Gasteiger partial charge in [0.05, 0.1) is 0 Å². The van der Waals surface area contributed by atoms with Crippen molar-refractivity contribution in [3.05, 3.63) is 175 Å². The van der Waals surface area contributed by atoms with Crippen molar-refractivity contribution in [2.75, 3.05) is 9.80 Å². The molecule has 0 aliphatic carbocycles. The lowest BCUT2D eigenvalue weighted by Crippen LogP contribution is -2.79. The molecule has 0 aromatic heterocycles. The second-order valence-corrected chi connectivity index (χ2v) is 20.1. The second-order valence-electron chi connectivity index (χ2n) is 16.3. The van der Waals surface area contributed by atoms with Gasteiger partial charge in [-0.1, -0.05) is 162 Å². The SMILES string of the molecule is CC(C)c1ccc2c(c1)N(c1ccccc1)c1cc(C(C)(C)C)cc3c1B2c1cccc2c1N3c1ccccc1[Si]2(c1ccccc1)c1ccccc1. The summed E-state index contributed by atoms with van der Waals surface area (Å²) in [5.41, 5.74) is 14.5. The summed E-state index contributed by atoms with van der Waals surface area (Å²) in [4.78, 5) is 5.22. The van der Waals surface area contributed by atoms with Gasteiger partial charge in [-0.25, -0.2) is 0 Å². The Balaban J connectivity index is 1.38. The highest BCUT2D eigenvalue weighted by Crippen LogP contribution is 2.47. The number of rotatable bonds is 4. The van der Waals surface area contributed by atoms with Crippen LogP contribution < -0.4 is 46.9 Å². The van der Waals surface area contributed by atoms with Crippen molar-refractivity contribution >= 4 is 86.0 Å². The maximum absolute atomic E-state index is 2.77. The minimum absolute atomic E-state index is 0.0644. The Hall–Kier alpha value is -5.58. The summed E-state index contributed by atoms with van der Waals surface area (Å²) >= 11 is 0. The van der Waals surface area contributed by atoms with Gasteiger partial charge in [-0.2, -0.15) is 0 Å². The van der Waals surface area contributed by atoms with Gasteiger partial charge in [0.1, 0.15) is 0 Å². The van der Waals surface area contributed by atoms with E-state index < -0.39 is 8.07 Å². The summed E-state index contributed by atoms with van der Waals surface area (Å²) in [6.45, 7) is 11.8. The zero-order valence-corrected chi connectivity index (χ0v) is 32.1. The Bertz CT molecular complexity index is 2500. The normalized spacial score (nSPS) is 14.7. The summed E-state index contributed by atoms with van der Waals surface area (Å²) in [5.74, 6) is 0.419. The fourth-order valence-corrected chi connectivity index (χ4v) is 14.7. The largest absolute Gasteiger partial charge is 0.312 e. The fourth-order valence-electron chi connectivity index (χ4n) is 9.56. The molecule has 0 amide bonds. The Morgan fingerprint density at radius 2 is 1.09 bits per heavy atom. The van der Waals surface area contributed by atoms with Crippen molar-refractivity contribution in [2.24, 2.45) is 0 Å². The molecule has 0 spiro atoms. The van der Waals surface area contributed by atoms with Crippen LogP contribution in [0.4, 0.5) is 34.1 Å². The summed E-state index contributed by atoms with van der Waals surface area (Å²) < 4.78 is 0. The van der Waals surface area contributed by atoms with E-state index in [9.17, 15) is 0 Å². The zero-order valence-electron chi connectivity index (χ0n) is 31.1. The predicted octanol–water partition coefficient (Wildman–Crippen LogP) is 7.88. The molecule has 7 aromatic rings. The van der Waals surface area contributed by atoms with Crippen LogP contribution in [0.15, 0.2) is 164 Å². The van der Waals surface area contributed by atoms with E-state index in [-0.39, 0.29) is 12.1 Å². The molecule has 256 valence electrons. The Morgan fingerprint density at radius 3 is 1.74 bits per heavy atom. The highest BCUT2D eigenvalue weighted by atomic mass is 28.3. The maximum atomic E-state index is 2.67. The third-order valence-corrected chi connectivity index (χ3v) is 16.9. The highest BCUT2D eigenvalue weighted by Gasteiger charge is 2.53. The lowest BCUT2D eigenvalue weighted by Gasteiger charge is -2.51.